The highest BCUT2D eigenvalue weighted by atomic mass is 16.6. The van der Waals surface area contributed by atoms with Crippen molar-refractivity contribution in [3.05, 3.63) is 0 Å². The summed E-state index contributed by atoms with van der Waals surface area (Å²) >= 11 is 0. The highest BCUT2D eigenvalue weighted by molar-refractivity contribution is 5.71. The first-order valence-corrected chi connectivity index (χ1v) is 6.99. The van der Waals surface area contributed by atoms with Crippen LogP contribution in [-0.4, -0.2) is 42.3 Å². The van der Waals surface area contributed by atoms with Crippen LogP contribution < -0.4 is 5.32 Å². The number of hydrogen-bond donors (Lipinski definition) is 1. The number of nitrogens with one attached hydrogen (secondary N) is 1. The molecule has 2 aliphatic heterocycles. The van der Waals surface area contributed by atoms with Crippen LogP contribution in [0.2, 0.25) is 0 Å². The largest absolute Gasteiger partial charge is 0.447 e. The number of hydrogen-bond acceptors (Lipinski definition) is 3. The molecule has 4 nitrogen and oxygen atoms in total. The smallest absolute Gasteiger partial charge is 0.410 e. The van der Waals surface area contributed by atoms with Gasteiger partial charge in [0.15, 0.2) is 0 Å². The van der Waals surface area contributed by atoms with Gasteiger partial charge in [0, 0.05) is 6.04 Å². The second-order valence-electron chi connectivity index (χ2n) is 5.69. The molecule has 1 spiro atoms. The zero-order valence-corrected chi connectivity index (χ0v) is 10.4. The molecule has 2 heterocycles. The summed E-state index contributed by atoms with van der Waals surface area (Å²) in [7, 11) is 0. The zero-order chi connectivity index (χ0) is 11.7. The van der Waals surface area contributed by atoms with E-state index in [1.54, 1.807) is 0 Å². The number of nitrogens with zero attached hydrogens (tertiary/aromatic N) is 1. The maximum Gasteiger partial charge on any atom is 0.410 e. The molecule has 1 aliphatic carbocycles. The molecule has 0 aromatic carbocycles. The lowest BCUT2D eigenvalue weighted by Gasteiger charge is -2.38. The topological polar surface area (TPSA) is 41.6 Å². The minimum absolute atomic E-state index is 0.00951. The number of amides is 1. The zero-order valence-electron chi connectivity index (χ0n) is 10.4. The van der Waals surface area contributed by atoms with Crippen LogP contribution in [0, 0.1) is 0 Å². The number of rotatable bonds is 1. The van der Waals surface area contributed by atoms with Gasteiger partial charge in [-0.2, -0.15) is 0 Å². The van der Waals surface area contributed by atoms with Gasteiger partial charge in [-0.05, 0) is 45.2 Å². The molecule has 3 rings (SSSR count). The van der Waals surface area contributed by atoms with Gasteiger partial charge in [0.1, 0.15) is 6.61 Å². The average molecular weight is 238 g/mol. The van der Waals surface area contributed by atoms with Crippen LogP contribution in [0.15, 0.2) is 0 Å². The maximum absolute atomic E-state index is 12.0. The third-order valence-electron chi connectivity index (χ3n) is 4.62. The number of carbonyl (C=O) groups excluding carboxylic acids is 1. The summed E-state index contributed by atoms with van der Waals surface area (Å²) in [4.78, 5) is 14.1. The van der Waals surface area contributed by atoms with Crippen molar-refractivity contribution in [2.24, 2.45) is 0 Å². The van der Waals surface area contributed by atoms with E-state index in [1.165, 1.54) is 25.7 Å². The highest BCUT2D eigenvalue weighted by Gasteiger charge is 2.50. The summed E-state index contributed by atoms with van der Waals surface area (Å²) in [5.41, 5.74) is 0.00951. The summed E-state index contributed by atoms with van der Waals surface area (Å²) < 4.78 is 5.39. The molecule has 1 amide bonds. The Labute approximate surface area is 103 Å². The van der Waals surface area contributed by atoms with Crippen LogP contribution >= 0.6 is 0 Å². The summed E-state index contributed by atoms with van der Waals surface area (Å²) in [6.45, 7) is 2.71. The molecule has 1 N–H and O–H groups in total. The molecule has 2 saturated heterocycles. The Balaban J connectivity index is 1.83. The molecular formula is C13H22N2O2. The molecule has 3 fully saturated rings. The Hall–Kier alpha value is -0.770. The second-order valence-corrected chi connectivity index (χ2v) is 5.69. The van der Waals surface area contributed by atoms with Crippen molar-refractivity contribution >= 4 is 6.09 Å². The van der Waals surface area contributed by atoms with E-state index in [0.29, 0.717) is 12.6 Å². The SMILES string of the molecule is O=C1OCC2(CCCNCC2)N1C1CCCC1. The summed E-state index contributed by atoms with van der Waals surface area (Å²) in [6.07, 6.45) is 8.12. The van der Waals surface area contributed by atoms with Gasteiger partial charge in [-0.15, -0.1) is 0 Å². The summed E-state index contributed by atoms with van der Waals surface area (Å²) in [5.74, 6) is 0. The van der Waals surface area contributed by atoms with Gasteiger partial charge in [-0.1, -0.05) is 12.8 Å². The Morgan fingerprint density at radius 3 is 2.82 bits per heavy atom. The molecule has 0 radical (unpaired) electrons. The van der Waals surface area contributed by atoms with Gasteiger partial charge in [0.2, 0.25) is 0 Å². The molecule has 17 heavy (non-hydrogen) atoms. The molecule has 1 saturated carbocycles. The Morgan fingerprint density at radius 1 is 1.18 bits per heavy atom. The van der Waals surface area contributed by atoms with E-state index in [1.807, 2.05) is 0 Å². The third kappa shape index (κ3) is 1.92. The van der Waals surface area contributed by atoms with Crippen LogP contribution in [0.1, 0.15) is 44.9 Å². The van der Waals surface area contributed by atoms with E-state index in [-0.39, 0.29) is 11.6 Å². The molecule has 0 bridgehead atoms. The second kappa shape index (κ2) is 4.48. The van der Waals surface area contributed by atoms with Gasteiger partial charge < -0.3 is 10.1 Å². The van der Waals surface area contributed by atoms with E-state index in [0.717, 1.165) is 32.4 Å². The minimum atomic E-state index is -0.0567. The fourth-order valence-corrected chi connectivity index (χ4v) is 3.73. The predicted octanol–water partition coefficient (Wildman–Crippen LogP) is 1.89. The number of carbonyl (C=O) groups is 1. The van der Waals surface area contributed by atoms with Crippen molar-refractivity contribution in [3.8, 4) is 0 Å². The molecule has 1 atom stereocenters. The number of cyclic esters (lactones) is 1. The van der Waals surface area contributed by atoms with Gasteiger partial charge in [-0.25, -0.2) is 4.79 Å². The van der Waals surface area contributed by atoms with Gasteiger partial charge in [-0.3, -0.25) is 4.90 Å². The fourth-order valence-electron chi connectivity index (χ4n) is 3.73. The average Bonchev–Trinajstić information content (AvgIpc) is 2.85. The molecule has 0 aromatic rings. The van der Waals surface area contributed by atoms with Crippen molar-refractivity contribution in [2.75, 3.05) is 19.7 Å². The van der Waals surface area contributed by atoms with Gasteiger partial charge in [0.05, 0.1) is 5.54 Å². The van der Waals surface area contributed by atoms with Gasteiger partial charge in [0.25, 0.3) is 0 Å². The van der Waals surface area contributed by atoms with Crippen LogP contribution in [0.25, 0.3) is 0 Å². The standard InChI is InChI=1S/C13H22N2O2/c16-12-15(11-4-1-2-5-11)13(10-17-12)6-3-8-14-9-7-13/h11,14H,1-10H2. The van der Waals surface area contributed by atoms with E-state index < -0.39 is 0 Å². The first-order chi connectivity index (χ1) is 8.32. The molecule has 96 valence electrons. The van der Waals surface area contributed by atoms with Crippen molar-refractivity contribution < 1.29 is 9.53 Å². The van der Waals surface area contributed by atoms with E-state index in [9.17, 15) is 4.79 Å². The molecule has 0 aromatic heterocycles. The van der Waals surface area contributed by atoms with Crippen molar-refractivity contribution in [3.63, 3.8) is 0 Å². The molecule has 1 unspecified atom stereocenters. The highest BCUT2D eigenvalue weighted by Crippen LogP contribution is 2.39. The lowest BCUT2D eigenvalue weighted by atomic mass is 9.89. The Kier molecular flexibility index (Phi) is 2.99. The Bertz CT molecular complexity index is 292. The Morgan fingerprint density at radius 2 is 2.00 bits per heavy atom. The minimum Gasteiger partial charge on any atom is -0.447 e. The normalized spacial score (nSPS) is 35.3. The lowest BCUT2D eigenvalue weighted by molar-refractivity contribution is 0.106. The first kappa shape index (κ1) is 11.3. The van der Waals surface area contributed by atoms with Crippen LogP contribution in [0.5, 0.6) is 0 Å². The van der Waals surface area contributed by atoms with Crippen molar-refractivity contribution in [1.29, 1.82) is 0 Å². The number of ether oxygens (including phenoxy) is 1. The van der Waals surface area contributed by atoms with Gasteiger partial charge >= 0.3 is 6.09 Å². The van der Waals surface area contributed by atoms with Crippen molar-refractivity contribution in [1.82, 2.24) is 10.2 Å². The van der Waals surface area contributed by atoms with Crippen molar-refractivity contribution in [2.45, 2.75) is 56.5 Å². The van der Waals surface area contributed by atoms with E-state index >= 15 is 0 Å². The third-order valence-corrected chi connectivity index (χ3v) is 4.62. The quantitative estimate of drug-likeness (QED) is 0.758. The summed E-state index contributed by atoms with van der Waals surface area (Å²) in [5, 5.41) is 3.43. The van der Waals surface area contributed by atoms with E-state index in [2.05, 4.69) is 10.2 Å². The summed E-state index contributed by atoms with van der Waals surface area (Å²) in [6, 6.07) is 0.447. The van der Waals surface area contributed by atoms with Crippen LogP contribution in [-0.2, 0) is 4.74 Å². The maximum atomic E-state index is 12.0. The van der Waals surface area contributed by atoms with E-state index in [4.69, 9.17) is 4.74 Å². The molecule has 3 aliphatic rings. The van der Waals surface area contributed by atoms with Crippen LogP contribution in [0.4, 0.5) is 4.79 Å². The predicted molar refractivity (Wildman–Crippen MR) is 64.9 cm³/mol. The van der Waals surface area contributed by atoms with Crippen LogP contribution in [0.3, 0.4) is 0 Å². The fraction of sp³-hybridized carbons (Fsp3) is 0.923. The first-order valence-electron chi connectivity index (χ1n) is 6.99. The monoisotopic (exact) mass is 238 g/mol. The molecule has 4 heteroatoms. The molecular weight excluding hydrogens is 216 g/mol. The lowest BCUT2D eigenvalue weighted by Crippen LogP contribution is -2.52.